The summed E-state index contributed by atoms with van der Waals surface area (Å²) in [5.41, 5.74) is 10.1. The Morgan fingerprint density at radius 1 is 1.23 bits per heavy atom. The smallest absolute Gasteiger partial charge is 0.341 e. The first-order valence-electron chi connectivity index (χ1n) is 8.66. The van der Waals surface area contributed by atoms with Crippen LogP contribution in [0.25, 0.3) is 16.6 Å². The van der Waals surface area contributed by atoms with Gasteiger partial charge in [-0.1, -0.05) is 11.6 Å². The van der Waals surface area contributed by atoms with E-state index in [0.717, 1.165) is 18.3 Å². The molecule has 11 heteroatoms. The summed E-state index contributed by atoms with van der Waals surface area (Å²) >= 11 is 9.75. The molecule has 0 aliphatic carbocycles. The Labute approximate surface area is 181 Å². The zero-order chi connectivity index (χ0) is 21.9. The molecule has 1 aromatic heterocycles. The van der Waals surface area contributed by atoms with E-state index in [1.165, 1.54) is 10.6 Å². The minimum atomic E-state index is -1.50. The van der Waals surface area contributed by atoms with Gasteiger partial charge in [-0.05, 0) is 34.1 Å². The summed E-state index contributed by atoms with van der Waals surface area (Å²) < 4.78 is 30.2. The van der Waals surface area contributed by atoms with Gasteiger partial charge in [0.1, 0.15) is 17.2 Å². The lowest BCUT2D eigenvalue weighted by Gasteiger charge is -2.39. The molecule has 5 N–H and O–H groups in total. The molecular weight excluding hydrogens is 486 g/mol. The fraction of sp³-hybridized carbons (Fsp3) is 0.158. The molecule has 0 amide bonds. The number of fused-ring (bicyclic) bond motifs is 1. The SMILES string of the molecule is Nc1cc(-n2cc(C(=O)O)c(=O)c3cc(F)c(N4CC(N)C4)c(Cl)c32)c(Br)cc1F. The quantitative estimate of drug-likeness (QED) is 0.477. The van der Waals surface area contributed by atoms with Crippen molar-refractivity contribution in [3.8, 4) is 5.69 Å². The number of carbonyl (C=O) groups is 1. The molecule has 1 aliphatic rings. The summed E-state index contributed by atoms with van der Waals surface area (Å²) in [6.45, 7) is 0.736. The van der Waals surface area contributed by atoms with Crippen LogP contribution in [0.2, 0.25) is 5.02 Å². The predicted octanol–water partition coefficient (Wildman–Crippen LogP) is 3.11. The van der Waals surface area contributed by atoms with E-state index in [1.807, 2.05) is 0 Å². The molecule has 156 valence electrons. The van der Waals surface area contributed by atoms with Gasteiger partial charge in [-0.3, -0.25) is 4.79 Å². The number of halogens is 4. The van der Waals surface area contributed by atoms with Crippen molar-refractivity contribution in [2.75, 3.05) is 23.7 Å². The monoisotopic (exact) mass is 498 g/mol. The molecule has 0 atom stereocenters. The summed E-state index contributed by atoms with van der Waals surface area (Å²) in [4.78, 5) is 26.0. The Kier molecular flexibility index (Phi) is 4.95. The summed E-state index contributed by atoms with van der Waals surface area (Å²) in [6, 6.07) is 3.17. The van der Waals surface area contributed by atoms with Gasteiger partial charge in [-0.25, -0.2) is 13.6 Å². The molecule has 3 aromatic rings. The van der Waals surface area contributed by atoms with Gasteiger partial charge in [0, 0.05) is 29.8 Å². The first kappa shape index (κ1) is 20.6. The first-order chi connectivity index (χ1) is 14.1. The number of nitrogen functional groups attached to an aromatic ring is 1. The van der Waals surface area contributed by atoms with Crippen LogP contribution in [0, 0.1) is 11.6 Å². The molecule has 0 saturated carbocycles. The number of anilines is 2. The number of carboxylic acid groups (broad SMARTS) is 1. The third-order valence-corrected chi connectivity index (χ3v) is 5.93. The number of hydrogen-bond donors (Lipinski definition) is 3. The number of benzene rings is 2. The molecule has 1 fully saturated rings. The van der Waals surface area contributed by atoms with Crippen LogP contribution in [-0.4, -0.2) is 34.8 Å². The van der Waals surface area contributed by atoms with Gasteiger partial charge in [-0.2, -0.15) is 0 Å². The molecule has 0 bridgehead atoms. The number of nitrogens with two attached hydrogens (primary N) is 2. The Morgan fingerprint density at radius 3 is 2.50 bits per heavy atom. The van der Waals surface area contributed by atoms with Gasteiger partial charge in [0.25, 0.3) is 0 Å². The average molecular weight is 500 g/mol. The average Bonchev–Trinajstić information content (AvgIpc) is 2.64. The Bertz CT molecular complexity index is 1290. The highest BCUT2D eigenvalue weighted by molar-refractivity contribution is 9.10. The van der Waals surface area contributed by atoms with Crippen molar-refractivity contribution in [3.05, 3.63) is 61.3 Å². The predicted molar refractivity (Wildman–Crippen MR) is 114 cm³/mol. The summed E-state index contributed by atoms with van der Waals surface area (Å²) in [6.07, 6.45) is 1.06. The Morgan fingerprint density at radius 2 is 1.90 bits per heavy atom. The highest BCUT2D eigenvalue weighted by Gasteiger charge is 2.30. The lowest BCUT2D eigenvalue weighted by molar-refractivity contribution is 0.0695. The highest BCUT2D eigenvalue weighted by atomic mass is 79.9. The van der Waals surface area contributed by atoms with Crippen molar-refractivity contribution in [1.82, 2.24) is 4.57 Å². The molecule has 2 aromatic carbocycles. The van der Waals surface area contributed by atoms with Crippen LogP contribution in [0.1, 0.15) is 10.4 Å². The van der Waals surface area contributed by atoms with Crippen molar-refractivity contribution in [2.45, 2.75) is 6.04 Å². The molecule has 30 heavy (non-hydrogen) atoms. The van der Waals surface area contributed by atoms with E-state index in [-0.39, 0.29) is 43.5 Å². The van der Waals surface area contributed by atoms with E-state index in [2.05, 4.69) is 15.9 Å². The maximum atomic E-state index is 14.9. The Hall–Kier alpha value is -2.69. The second-order valence-electron chi connectivity index (χ2n) is 6.95. The van der Waals surface area contributed by atoms with Gasteiger partial charge >= 0.3 is 5.97 Å². The van der Waals surface area contributed by atoms with Crippen LogP contribution in [0.5, 0.6) is 0 Å². The van der Waals surface area contributed by atoms with Crippen LogP contribution in [0.3, 0.4) is 0 Å². The summed E-state index contributed by atoms with van der Waals surface area (Å²) in [7, 11) is 0. The standard InChI is InChI=1S/C19H14BrClF2N4O3/c20-10-2-11(22)13(25)3-14(10)27-6-9(19(29)30)18(28)8-1-12(23)17(15(21)16(8)27)26-4-7(24)5-26/h1-3,6-7H,4-5,24-25H2,(H,29,30). The van der Waals surface area contributed by atoms with Gasteiger partial charge < -0.3 is 26.0 Å². The minimum Gasteiger partial charge on any atom is -0.477 e. The fourth-order valence-electron chi connectivity index (χ4n) is 3.47. The maximum absolute atomic E-state index is 14.9. The lowest BCUT2D eigenvalue weighted by atomic mass is 10.0. The molecular formula is C19H14BrClF2N4O3. The van der Waals surface area contributed by atoms with E-state index in [9.17, 15) is 23.5 Å². The van der Waals surface area contributed by atoms with Crippen LogP contribution < -0.4 is 21.8 Å². The van der Waals surface area contributed by atoms with Crippen LogP contribution in [0.4, 0.5) is 20.2 Å². The largest absolute Gasteiger partial charge is 0.477 e. The number of nitrogens with zero attached hydrogens (tertiary/aromatic N) is 2. The number of rotatable bonds is 3. The molecule has 1 aliphatic heterocycles. The molecule has 0 unspecified atom stereocenters. The van der Waals surface area contributed by atoms with E-state index in [1.54, 1.807) is 4.90 Å². The second kappa shape index (κ2) is 7.22. The van der Waals surface area contributed by atoms with Crippen molar-refractivity contribution in [2.24, 2.45) is 5.73 Å². The zero-order valence-corrected chi connectivity index (χ0v) is 17.5. The summed E-state index contributed by atoms with van der Waals surface area (Å²) in [5.74, 6) is -2.97. The highest BCUT2D eigenvalue weighted by Crippen LogP contribution is 2.39. The number of carboxylic acids is 1. The lowest BCUT2D eigenvalue weighted by Crippen LogP contribution is -2.56. The van der Waals surface area contributed by atoms with Crippen LogP contribution >= 0.6 is 27.5 Å². The van der Waals surface area contributed by atoms with E-state index in [0.29, 0.717) is 13.1 Å². The third-order valence-electron chi connectivity index (χ3n) is 4.94. The van der Waals surface area contributed by atoms with Crippen molar-refractivity contribution >= 4 is 55.8 Å². The minimum absolute atomic E-state index is 0.0493. The van der Waals surface area contributed by atoms with Crippen molar-refractivity contribution < 1.29 is 18.7 Å². The topological polar surface area (TPSA) is 115 Å². The fourth-order valence-corrected chi connectivity index (χ4v) is 4.38. The molecule has 4 rings (SSSR count). The van der Waals surface area contributed by atoms with E-state index < -0.39 is 28.6 Å². The normalized spacial score (nSPS) is 14.2. The molecule has 0 spiro atoms. The van der Waals surface area contributed by atoms with Gasteiger partial charge in [0.2, 0.25) is 5.43 Å². The van der Waals surface area contributed by atoms with E-state index >= 15 is 0 Å². The summed E-state index contributed by atoms with van der Waals surface area (Å²) in [5, 5.41) is 9.13. The van der Waals surface area contributed by atoms with Gasteiger partial charge in [0.15, 0.2) is 0 Å². The first-order valence-corrected chi connectivity index (χ1v) is 9.83. The van der Waals surface area contributed by atoms with Crippen molar-refractivity contribution in [1.29, 1.82) is 0 Å². The number of aromatic nitrogens is 1. The zero-order valence-electron chi connectivity index (χ0n) is 15.1. The van der Waals surface area contributed by atoms with Gasteiger partial charge in [-0.15, -0.1) is 0 Å². The second-order valence-corrected chi connectivity index (χ2v) is 8.19. The number of hydrogen-bond acceptors (Lipinski definition) is 5. The third kappa shape index (κ3) is 3.11. The maximum Gasteiger partial charge on any atom is 0.341 e. The van der Waals surface area contributed by atoms with E-state index in [4.69, 9.17) is 23.1 Å². The number of pyridine rings is 1. The van der Waals surface area contributed by atoms with Crippen molar-refractivity contribution in [3.63, 3.8) is 0 Å². The molecule has 1 saturated heterocycles. The van der Waals surface area contributed by atoms with Crippen LogP contribution in [0.15, 0.2) is 33.7 Å². The van der Waals surface area contributed by atoms with Crippen LogP contribution in [-0.2, 0) is 0 Å². The molecule has 7 nitrogen and oxygen atoms in total. The van der Waals surface area contributed by atoms with Gasteiger partial charge in [0.05, 0.1) is 33.0 Å². The molecule has 2 heterocycles. The molecule has 0 radical (unpaired) electrons. The Balaban J connectivity index is 2.14. The number of aromatic carboxylic acids is 1.